The van der Waals surface area contributed by atoms with Gasteiger partial charge in [-0.2, -0.15) is 0 Å². The molecule has 1 amide bonds. The molecule has 74 valence electrons. The molecule has 2 fully saturated rings. The summed E-state index contributed by atoms with van der Waals surface area (Å²) in [5.41, 5.74) is 0. The molecule has 1 heterocycles. The van der Waals surface area contributed by atoms with E-state index in [1.165, 1.54) is 6.42 Å². The van der Waals surface area contributed by atoms with Gasteiger partial charge in [0.25, 0.3) is 0 Å². The minimum absolute atomic E-state index is 0.0161. The molecule has 1 N–H and O–H groups in total. The lowest BCUT2D eigenvalue weighted by Crippen LogP contribution is -2.57. The summed E-state index contributed by atoms with van der Waals surface area (Å²) in [5.74, 6) is 0.0370. The standard InChI is InChI=1S/C9H15NO3/c11-4-8-5-13-6-9(12)10(8)7-2-1-3-7/h7-8,11H,1-6H2. The van der Waals surface area contributed by atoms with E-state index in [-0.39, 0.29) is 25.2 Å². The van der Waals surface area contributed by atoms with Gasteiger partial charge < -0.3 is 14.7 Å². The van der Waals surface area contributed by atoms with Crippen LogP contribution in [-0.2, 0) is 9.53 Å². The second kappa shape index (κ2) is 3.64. The van der Waals surface area contributed by atoms with Gasteiger partial charge in [-0.1, -0.05) is 0 Å². The predicted octanol–water partition coefficient (Wildman–Crippen LogP) is -0.241. The van der Waals surface area contributed by atoms with Crippen LogP contribution in [0.3, 0.4) is 0 Å². The number of nitrogens with zero attached hydrogens (tertiary/aromatic N) is 1. The molecule has 4 heteroatoms. The SMILES string of the molecule is O=C1COCC(CO)N1C1CCC1. The Morgan fingerprint density at radius 3 is 2.85 bits per heavy atom. The van der Waals surface area contributed by atoms with Gasteiger partial charge in [0.2, 0.25) is 5.91 Å². The van der Waals surface area contributed by atoms with Crippen LogP contribution in [0, 0.1) is 0 Å². The lowest BCUT2D eigenvalue weighted by atomic mass is 9.90. The van der Waals surface area contributed by atoms with Crippen LogP contribution >= 0.6 is 0 Å². The zero-order valence-corrected chi connectivity index (χ0v) is 7.61. The molecule has 1 atom stereocenters. The van der Waals surface area contributed by atoms with Crippen LogP contribution < -0.4 is 0 Å². The molecule has 0 aromatic heterocycles. The number of hydrogen-bond acceptors (Lipinski definition) is 3. The van der Waals surface area contributed by atoms with E-state index in [0.29, 0.717) is 12.6 Å². The number of carbonyl (C=O) groups is 1. The summed E-state index contributed by atoms with van der Waals surface area (Å²) in [4.78, 5) is 13.3. The zero-order chi connectivity index (χ0) is 9.26. The molecule has 2 aliphatic rings. The van der Waals surface area contributed by atoms with Gasteiger partial charge in [-0.25, -0.2) is 0 Å². The molecule has 1 aliphatic carbocycles. The van der Waals surface area contributed by atoms with Gasteiger partial charge in [-0.15, -0.1) is 0 Å². The lowest BCUT2D eigenvalue weighted by Gasteiger charge is -2.44. The van der Waals surface area contributed by atoms with Gasteiger partial charge in [0.1, 0.15) is 6.61 Å². The van der Waals surface area contributed by atoms with Crippen molar-refractivity contribution < 1.29 is 14.6 Å². The van der Waals surface area contributed by atoms with Crippen molar-refractivity contribution >= 4 is 5.91 Å². The van der Waals surface area contributed by atoms with Gasteiger partial charge >= 0.3 is 0 Å². The van der Waals surface area contributed by atoms with Crippen molar-refractivity contribution in [1.82, 2.24) is 4.90 Å². The minimum Gasteiger partial charge on any atom is -0.394 e. The van der Waals surface area contributed by atoms with Crippen LogP contribution in [0.1, 0.15) is 19.3 Å². The van der Waals surface area contributed by atoms with Crippen LogP contribution in [0.5, 0.6) is 0 Å². The third kappa shape index (κ3) is 1.56. The van der Waals surface area contributed by atoms with Crippen molar-refractivity contribution in [1.29, 1.82) is 0 Å². The molecule has 1 unspecified atom stereocenters. The van der Waals surface area contributed by atoms with Gasteiger partial charge in [0.15, 0.2) is 0 Å². The maximum Gasteiger partial charge on any atom is 0.249 e. The lowest BCUT2D eigenvalue weighted by molar-refractivity contribution is -0.156. The van der Waals surface area contributed by atoms with Crippen molar-refractivity contribution in [3.63, 3.8) is 0 Å². The monoisotopic (exact) mass is 185 g/mol. The van der Waals surface area contributed by atoms with E-state index >= 15 is 0 Å². The highest BCUT2D eigenvalue weighted by molar-refractivity contribution is 5.78. The van der Waals surface area contributed by atoms with Gasteiger partial charge in [-0.05, 0) is 19.3 Å². The highest BCUT2D eigenvalue weighted by atomic mass is 16.5. The number of rotatable bonds is 2. The number of aliphatic hydroxyl groups is 1. The van der Waals surface area contributed by atoms with Gasteiger partial charge in [-0.3, -0.25) is 4.79 Å². The third-order valence-electron chi connectivity index (χ3n) is 2.90. The van der Waals surface area contributed by atoms with E-state index < -0.39 is 0 Å². The van der Waals surface area contributed by atoms with E-state index in [9.17, 15) is 4.79 Å². The second-order valence-electron chi connectivity index (χ2n) is 3.74. The Bertz CT molecular complexity index is 203. The summed E-state index contributed by atoms with van der Waals surface area (Å²) in [7, 11) is 0. The number of carbonyl (C=O) groups excluding carboxylic acids is 1. The molecule has 1 saturated carbocycles. The summed E-state index contributed by atoms with van der Waals surface area (Å²) in [6, 6.07) is 0.264. The highest BCUT2D eigenvalue weighted by Gasteiger charge is 2.36. The first kappa shape index (κ1) is 8.97. The number of morpholine rings is 1. The first-order valence-corrected chi connectivity index (χ1v) is 4.82. The number of amides is 1. The Balaban J connectivity index is 2.03. The maximum atomic E-state index is 11.5. The Morgan fingerprint density at radius 2 is 2.31 bits per heavy atom. The minimum atomic E-state index is -0.105. The number of aliphatic hydroxyl groups excluding tert-OH is 1. The Morgan fingerprint density at radius 1 is 1.54 bits per heavy atom. The highest BCUT2D eigenvalue weighted by Crippen LogP contribution is 2.27. The molecule has 0 aromatic carbocycles. The first-order chi connectivity index (χ1) is 6.33. The summed E-state index contributed by atoms with van der Waals surface area (Å²) in [6.07, 6.45) is 3.37. The van der Waals surface area contributed by atoms with E-state index in [4.69, 9.17) is 9.84 Å². The molecular weight excluding hydrogens is 170 g/mol. The summed E-state index contributed by atoms with van der Waals surface area (Å²) in [6.45, 7) is 0.688. The summed E-state index contributed by atoms with van der Waals surface area (Å²) in [5, 5.41) is 9.07. The average Bonchev–Trinajstić information content (AvgIpc) is 2.05. The Kier molecular flexibility index (Phi) is 2.51. The quantitative estimate of drug-likeness (QED) is 0.646. The molecule has 0 spiro atoms. The van der Waals surface area contributed by atoms with Crippen molar-refractivity contribution in [3.05, 3.63) is 0 Å². The van der Waals surface area contributed by atoms with E-state index in [1.807, 2.05) is 4.90 Å². The molecule has 2 rings (SSSR count). The van der Waals surface area contributed by atoms with E-state index in [0.717, 1.165) is 12.8 Å². The van der Waals surface area contributed by atoms with Crippen molar-refractivity contribution in [2.75, 3.05) is 19.8 Å². The summed E-state index contributed by atoms with van der Waals surface area (Å²) < 4.78 is 5.08. The fourth-order valence-electron chi connectivity index (χ4n) is 1.95. The smallest absolute Gasteiger partial charge is 0.249 e. The van der Waals surface area contributed by atoms with E-state index in [2.05, 4.69) is 0 Å². The fourth-order valence-corrected chi connectivity index (χ4v) is 1.95. The largest absolute Gasteiger partial charge is 0.394 e. The summed E-state index contributed by atoms with van der Waals surface area (Å²) >= 11 is 0. The molecular formula is C9H15NO3. The van der Waals surface area contributed by atoms with Gasteiger partial charge in [0, 0.05) is 6.04 Å². The number of ether oxygens (including phenoxy) is 1. The van der Waals surface area contributed by atoms with Crippen LogP contribution in [0.25, 0.3) is 0 Å². The van der Waals surface area contributed by atoms with Crippen molar-refractivity contribution in [3.8, 4) is 0 Å². The van der Waals surface area contributed by atoms with Gasteiger partial charge in [0.05, 0.1) is 19.3 Å². The Hall–Kier alpha value is -0.610. The topological polar surface area (TPSA) is 49.8 Å². The third-order valence-corrected chi connectivity index (χ3v) is 2.90. The normalized spacial score (nSPS) is 30.4. The molecule has 0 radical (unpaired) electrons. The van der Waals surface area contributed by atoms with Crippen LogP contribution in [-0.4, -0.2) is 47.8 Å². The average molecular weight is 185 g/mol. The van der Waals surface area contributed by atoms with Crippen LogP contribution in [0.2, 0.25) is 0 Å². The number of hydrogen-bond donors (Lipinski definition) is 1. The first-order valence-electron chi connectivity index (χ1n) is 4.82. The maximum absolute atomic E-state index is 11.5. The fraction of sp³-hybridized carbons (Fsp3) is 0.889. The molecule has 0 aromatic rings. The molecule has 1 saturated heterocycles. The van der Waals surface area contributed by atoms with E-state index in [1.54, 1.807) is 0 Å². The molecule has 0 bridgehead atoms. The Labute approximate surface area is 77.5 Å². The molecule has 4 nitrogen and oxygen atoms in total. The predicted molar refractivity (Wildman–Crippen MR) is 46.2 cm³/mol. The second-order valence-corrected chi connectivity index (χ2v) is 3.74. The zero-order valence-electron chi connectivity index (χ0n) is 7.61. The van der Waals surface area contributed by atoms with Crippen LogP contribution in [0.15, 0.2) is 0 Å². The molecule has 1 aliphatic heterocycles. The van der Waals surface area contributed by atoms with Crippen molar-refractivity contribution in [2.45, 2.75) is 31.3 Å². The molecule has 13 heavy (non-hydrogen) atoms. The van der Waals surface area contributed by atoms with Crippen LogP contribution in [0.4, 0.5) is 0 Å². The van der Waals surface area contributed by atoms with Crippen molar-refractivity contribution in [2.24, 2.45) is 0 Å².